The predicted molar refractivity (Wildman–Crippen MR) is 61.5 cm³/mol. The lowest BCUT2D eigenvalue weighted by Crippen LogP contribution is -2.46. The van der Waals surface area contributed by atoms with E-state index in [-0.39, 0.29) is 0 Å². The molecule has 0 atom stereocenters. The van der Waals surface area contributed by atoms with Crippen LogP contribution in [0.2, 0.25) is 0 Å². The normalized spacial score (nSPS) is 15.6. The molecule has 2 heterocycles. The highest BCUT2D eigenvalue weighted by Gasteiger charge is 2.27. The Balaban J connectivity index is 2.05. The van der Waals surface area contributed by atoms with Crippen LogP contribution in [0.4, 0.5) is 0 Å². The van der Waals surface area contributed by atoms with Gasteiger partial charge in [0.05, 0.1) is 6.54 Å². The van der Waals surface area contributed by atoms with E-state index in [1.807, 2.05) is 0 Å². The maximum atomic E-state index is 11.0. The number of hydrogen-bond donors (Lipinski definition) is 2. The van der Waals surface area contributed by atoms with Gasteiger partial charge >= 0.3 is 5.97 Å². The second-order valence-corrected chi connectivity index (χ2v) is 4.92. The molecule has 0 saturated heterocycles. The highest BCUT2D eigenvalue weighted by atomic mass is 16.4. The zero-order valence-electron chi connectivity index (χ0n) is 10.2. The van der Waals surface area contributed by atoms with Crippen LogP contribution in [0, 0.1) is 0 Å². The van der Waals surface area contributed by atoms with Crippen molar-refractivity contribution in [3.8, 4) is 0 Å². The van der Waals surface area contributed by atoms with Crippen LogP contribution in [0.25, 0.3) is 0 Å². The van der Waals surface area contributed by atoms with Crippen molar-refractivity contribution in [2.45, 2.75) is 51.7 Å². The van der Waals surface area contributed by atoms with Gasteiger partial charge in [0.25, 0.3) is 0 Å². The lowest BCUT2D eigenvalue weighted by Gasteiger charge is -2.21. The Labute approximate surface area is 100 Å². The minimum Gasteiger partial charge on any atom is -0.480 e. The van der Waals surface area contributed by atoms with Crippen molar-refractivity contribution in [2.24, 2.45) is 0 Å². The van der Waals surface area contributed by atoms with Crippen molar-refractivity contribution in [3.63, 3.8) is 0 Å². The molecular weight excluding hydrogens is 220 g/mol. The van der Waals surface area contributed by atoms with Gasteiger partial charge in [0, 0.05) is 13.0 Å². The van der Waals surface area contributed by atoms with E-state index >= 15 is 0 Å². The van der Waals surface area contributed by atoms with Crippen molar-refractivity contribution in [1.82, 2.24) is 20.1 Å². The monoisotopic (exact) mass is 238 g/mol. The maximum Gasteiger partial charge on any atom is 0.323 e. The minimum atomic E-state index is -0.943. The second-order valence-electron chi connectivity index (χ2n) is 4.92. The third kappa shape index (κ3) is 2.46. The summed E-state index contributed by atoms with van der Waals surface area (Å²) in [7, 11) is 0. The average Bonchev–Trinajstić information content (AvgIpc) is 2.69. The molecule has 1 aliphatic heterocycles. The van der Waals surface area contributed by atoms with Crippen LogP contribution in [-0.2, 0) is 24.3 Å². The average molecular weight is 238 g/mol. The smallest absolute Gasteiger partial charge is 0.323 e. The summed E-state index contributed by atoms with van der Waals surface area (Å²) in [5.41, 5.74) is -0.943. The Morgan fingerprint density at radius 2 is 2.24 bits per heavy atom. The van der Waals surface area contributed by atoms with Gasteiger partial charge in [-0.2, -0.15) is 0 Å². The zero-order valence-corrected chi connectivity index (χ0v) is 10.2. The summed E-state index contributed by atoms with van der Waals surface area (Å²) in [6.45, 7) is 4.66. The number of hydrogen-bond acceptors (Lipinski definition) is 4. The van der Waals surface area contributed by atoms with Crippen molar-refractivity contribution in [3.05, 3.63) is 11.6 Å². The van der Waals surface area contributed by atoms with Crippen molar-refractivity contribution in [2.75, 3.05) is 0 Å². The highest BCUT2D eigenvalue weighted by molar-refractivity contribution is 5.77. The standard InChI is InChI=1S/C11H18N4O2/c1-11(2,10(16)17)12-7-9-14-13-8-5-3-4-6-15(8)9/h12H,3-7H2,1-2H3,(H,16,17). The van der Waals surface area contributed by atoms with Crippen LogP contribution in [-0.4, -0.2) is 31.4 Å². The van der Waals surface area contributed by atoms with Gasteiger partial charge in [-0.25, -0.2) is 0 Å². The number of aliphatic carboxylic acids is 1. The van der Waals surface area contributed by atoms with Gasteiger partial charge in [0.1, 0.15) is 17.2 Å². The lowest BCUT2D eigenvalue weighted by molar-refractivity contribution is -0.143. The Hall–Kier alpha value is -1.43. The molecule has 94 valence electrons. The molecule has 0 saturated carbocycles. The van der Waals surface area contributed by atoms with Crippen LogP contribution >= 0.6 is 0 Å². The van der Waals surface area contributed by atoms with Gasteiger partial charge < -0.3 is 9.67 Å². The first-order valence-electron chi connectivity index (χ1n) is 5.90. The molecule has 2 rings (SSSR count). The van der Waals surface area contributed by atoms with Crippen molar-refractivity contribution < 1.29 is 9.90 Å². The summed E-state index contributed by atoms with van der Waals surface area (Å²) in [6, 6.07) is 0. The molecule has 0 amide bonds. The molecule has 0 bridgehead atoms. The SMILES string of the molecule is CC(C)(NCc1nnc2n1CCCC2)C(=O)O. The predicted octanol–water partition coefficient (Wildman–Crippen LogP) is 0.567. The fraction of sp³-hybridized carbons (Fsp3) is 0.727. The van der Waals surface area contributed by atoms with E-state index in [1.165, 1.54) is 0 Å². The first-order chi connectivity index (χ1) is 8.00. The second kappa shape index (κ2) is 4.44. The van der Waals surface area contributed by atoms with E-state index < -0.39 is 11.5 Å². The summed E-state index contributed by atoms with van der Waals surface area (Å²) >= 11 is 0. The maximum absolute atomic E-state index is 11.0. The van der Waals surface area contributed by atoms with Gasteiger partial charge in [-0.15, -0.1) is 10.2 Å². The number of aromatic nitrogens is 3. The fourth-order valence-electron chi connectivity index (χ4n) is 1.87. The number of carbonyl (C=O) groups is 1. The number of nitrogens with zero attached hydrogens (tertiary/aromatic N) is 3. The number of rotatable bonds is 4. The first kappa shape index (κ1) is 12.0. The Bertz CT molecular complexity index is 425. The molecule has 0 spiro atoms. The number of aryl methyl sites for hydroxylation is 1. The molecule has 6 heteroatoms. The first-order valence-corrected chi connectivity index (χ1v) is 5.90. The summed E-state index contributed by atoms with van der Waals surface area (Å²) in [5, 5.41) is 20.2. The van der Waals surface area contributed by atoms with Gasteiger partial charge in [0.2, 0.25) is 0 Å². The van der Waals surface area contributed by atoms with Crippen LogP contribution in [0.1, 0.15) is 38.3 Å². The molecule has 0 aliphatic carbocycles. The fourth-order valence-corrected chi connectivity index (χ4v) is 1.87. The molecule has 0 radical (unpaired) electrons. The number of nitrogens with one attached hydrogen (secondary N) is 1. The molecule has 17 heavy (non-hydrogen) atoms. The largest absolute Gasteiger partial charge is 0.480 e. The van der Waals surface area contributed by atoms with E-state index in [4.69, 9.17) is 5.11 Å². The van der Waals surface area contributed by atoms with Crippen LogP contribution in [0.3, 0.4) is 0 Å². The van der Waals surface area contributed by atoms with E-state index in [1.54, 1.807) is 13.8 Å². The van der Waals surface area contributed by atoms with Crippen LogP contribution in [0.5, 0.6) is 0 Å². The third-order valence-corrected chi connectivity index (χ3v) is 3.16. The number of fused-ring (bicyclic) bond motifs is 1. The quantitative estimate of drug-likeness (QED) is 0.801. The van der Waals surface area contributed by atoms with E-state index in [0.29, 0.717) is 6.54 Å². The summed E-state index contributed by atoms with van der Waals surface area (Å²) in [6.07, 6.45) is 3.27. The van der Waals surface area contributed by atoms with Gasteiger partial charge in [0.15, 0.2) is 0 Å². The van der Waals surface area contributed by atoms with Gasteiger partial charge in [-0.3, -0.25) is 10.1 Å². The summed E-state index contributed by atoms with van der Waals surface area (Å²) in [4.78, 5) is 11.0. The molecule has 1 aliphatic rings. The number of carboxylic acid groups (broad SMARTS) is 1. The minimum absolute atomic E-state index is 0.437. The van der Waals surface area contributed by atoms with Gasteiger partial charge in [-0.05, 0) is 26.7 Å². The Morgan fingerprint density at radius 1 is 1.47 bits per heavy atom. The van der Waals surface area contributed by atoms with E-state index in [2.05, 4.69) is 20.1 Å². The van der Waals surface area contributed by atoms with Crippen LogP contribution < -0.4 is 5.32 Å². The molecular formula is C11H18N4O2. The van der Waals surface area contributed by atoms with Gasteiger partial charge in [-0.1, -0.05) is 0 Å². The van der Waals surface area contributed by atoms with E-state index in [9.17, 15) is 4.79 Å². The van der Waals surface area contributed by atoms with Crippen LogP contribution in [0.15, 0.2) is 0 Å². The lowest BCUT2D eigenvalue weighted by atomic mass is 10.1. The Kier molecular flexibility index (Phi) is 3.15. The third-order valence-electron chi connectivity index (χ3n) is 3.16. The molecule has 1 aromatic rings. The van der Waals surface area contributed by atoms with Crippen molar-refractivity contribution in [1.29, 1.82) is 0 Å². The van der Waals surface area contributed by atoms with E-state index in [0.717, 1.165) is 37.5 Å². The molecule has 1 aromatic heterocycles. The molecule has 2 N–H and O–H groups in total. The molecule has 0 aromatic carbocycles. The van der Waals surface area contributed by atoms with Crippen molar-refractivity contribution >= 4 is 5.97 Å². The summed E-state index contributed by atoms with van der Waals surface area (Å²) < 4.78 is 2.09. The highest BCUT2D eigenvalue weighted by Crippen LogP contribution is 2.14. The topological polar surface area (TPSA) is 80.0 Å². The Morgan fingerprint density at radius 3 is 2.94 bits per heavy atom. The number of carboxylic acids is 1. The summed E-state index contributed by atoms with van der Waals surface area (Å²) in [5.74, 6) is 0.978. The molecule has 0 unspecified atom stereocenters. The zero-order chi connectivity index (χ0) is 12.5. The molecule has 6 nitrogen and oxygen atoms in total. The molecule has 0 fully saturated rings.